The van der Waals surface area contributed by atoms with Crippen molar-refractivity contribution in [1.29, 1.82) is 0 Å². The molecule has 0 spiro atoms. The Hall–Kier alpha value is -1.36. The van der Waals surface area contributed by atoms with Crippen molar-refractivity contribution in [2.75, 3.05) is 6.61 Å². The quantitative estimate of drug-likeness (QED) is 0.808. The van der Waals surface area contributed by atoms with Gasteiger partial charge in [-0.05, 0) is 27.2 Å². The summed E-state index contributed by atoms with van der Waals surface area (Å²) in [4.78, 5) is 11.9. The molecule has 0 aromatic carbocycles. The number of aliphatic hydroxyl groups excluding tert-OH is 1. The smallest absolute Gasteiger partial charge is 0.225 e. The fourth-order valence-electron chi connectivity index (χ4n) is 1.54. The molecule has 5 nitrogen and oxygen atoms in total. The van der Waals surface area contributed by atoms with Gasteiger partial charge in [0.05, 0.1) is 24.3 Å². The van der Waals surface area contributed by atoms with Crippen LogP contribution in [-0.2, 0) is 11.2 Å². The molecule has 1 atom stereocenters. The molecular formula is C12H20N2O3. The summed E-state index contributed by atoms with van der Waals surface area (Å²) in [6.07, 6.45) is 0.910. The number of nitrogens with one attached hydrogen (secondary N) is 1. The number of aryl methyl sites for hydroxylation is 2. The highest BCUT2D eigenvalue weighted by Crippen LogP contribution is 2.14. The molecule has 0 radical (unpaired) electrons. The van der Waals surface area contributed by atoms with E-state index in [1.165, 1.54) is 0 Å². The van der Waals surface area contributed by atoms with E-state index in [9.17, 15) is 9.90 Å². The third-order valence-electron chi connectivity index (χ3n) is 3.09. The van der Waals surface area contributed by atoms with Gasteiger partial charge in [0.1, 0.15) is 5.76 Å². The highest BCUT2D eigenvalue weighted by Gasteiger charge is 2.24. The average molecular weight is 240 g/mol. The van der Waals surface area contributed by atoms with Crippen LogP contribution in [0, 0.1) is 13.8 Å². The van der Waals surface area contributed by atoms with Crippen LogP contribution in [0.25, 0.3) is 0 Å². The lowest BCUT2D eigenvalue weighted by molar-refractivity contribution is -0.122. The average Bonchev–Trinajstić information content (AvgIpc) is 2.60. The summed E-state index contributed by atoms with van der Waals surface area (Å²) >= 11 is 0. The van der Waals surface area contributed by atoms with E-state index >= 15 is 0 Å². The summed E-state index contributed by atoms with van der Waals surface area (Å²) in [5.74, 6) is 0.539. The van der Waals surface area contributed by atoms with E-state index in [2.05, 4.69) is 10.5 Å². The molecule has 0 fully saturated rings. The van der Waals surface area contributed by atoms with Crippen LogP contribution in [0.5, 0.6) is 0 Å². The number of carbonyl (C=O) groups is 1. The van der Waals surface area contributed by atoms with Crippen molar-refractivity contribution in [2.24, 2.45) is 0 Å². The Kier molecular flexibility index (Phi) is 4.28. The Morgan fingerprint density at radius 3 is 2.59 bits per heavy atom. The minimum Gasteiger partial charge on any atom is -0.394 e. The second-order valence-corrected chi connectivity index (χ2v) is 4.60. The van der Waals surface area contributed by atoms with E-state index in [1.54, 1.807) is 6.92 Å². The second kappa shape index (κ2) is 5.31. The third-order valence-corrected chi connectivity index (χ3v) is 3.09. The normalized spacial score (nSPS) is 14.4. The third kappa shape index (κ3) is 3.30. The highest BCUT2D eigenvalue weighted by molar-refractivity contribution is 5.79. The van der Waals surface area contributed by atoms with Crippen LogP contribution < -0.4 is 5.32 Å². The van der Waals surface area contributed by atoms with E-state index in [1.807, 2.05) is 20.8 Å². The van der Waals surface area contributed by atoms with Gasteiger partial charge in [-0.25, -0.2) is 0 Å². The lowest BCUT2D eigenvalue weighted by atomic mass is 9.99. The van der Waals surface area contributed by atoms with Gasteiger partial charge in [-0.15, -0.1) is 0 Å². The summed E-state index contributed by atoms with van der Waals surface area (Å²) in [6.45, 7) is 7.26. The predicted octanol–water partition coefficient (Wildman–Crippen LogP) is 1.11. The van der Waals surface area contributed by atoms with Gasteiger partial charge in [0, 0.05) is 5.56 Å². The molecule has 1 aromatic heterocycles. The van der Waals surface area contributed by atoms with Gasteiger partial charge in [-0.1, -0.05) is 12.1 Å². The highest BCUT2D eigenvalue weighted by atomic mass is 16.5. The lowest BCUT2D eigenvalue weighted by Gasteiger charge is -2.27. The standard InChI is InChI=1S/C12H20N2O3/c1-5-12(4,7-15)13-11(16)6-10-8(2)14-17-9(10)3/h15H,5-7H2,1-4H3,(H,13,16). The molecule has 1 aromatic rings. The number of carbonyl (C=O) groups excluding carboxylic acids is 1. The molecule has 0 saturated heterocycles. The molecule has 17 heavy (non-hydrogen) atoms. The Labute approximate surface area is 101 Å². The molecule has 0 bridgehead atoms. The molecule has 1 rings (SSSR count). The fourth-order valence-corrected chi connectivity index (χ4v) is 1.54. The molecule has 2 N–H and O–H groups in total. The van der Waals surface area contributed by atoms with E-state index in [0.717, 1.165) is 11.3 Å². The van der Waals surface area contributed by atoms with Gasteiger partial charge in [0.15, 0.2) is 0 Å². The lowest BCUT2D eigenvalue weighted by Crippen LogP contribution is -2.49. The molecule has 1 heterocycles. The number of rotatable bonds is 5. The Morgan fingerprint density at radius 1 is 1.53 bits per heavy atom. The first-order valence-electron chi connectivity index (χ1n) is 5.75. The van der Waals surface area contributed by atoms with Crippen molar-refractivity contribution >= 4 is 5.91 Å². The zero-order valence-electron chi connectivity index (χ0n) is 10.8. The maximum absolute atomic E-state index is 11.9. The van der Waals surface area contributed by atoms with Crippen molar-refractivity contribution < 1.29 is 14.4 Å². The molecule has 0 saturated carbocycles. The van der Waals surface area contributed by atoms with E-state index < -0.39 is 5.54 Å². The van der Waals surface area contributed by atoms with Crippen LogP contribution in [0.15, 0.2) is 4.52 Å². The molecule has 1 unspecified atom stereocenters. The Balaban J connectivity index is 2.68. The molecule has 1 amide bonds. The monoisotopic (exact) mass is 240 g/mol. The molecular weight excluding hydrogens is 220 g/mol. The number of amides is 1. The number of aromatic nitrogens is 1. The first kappa shape index (κ1) is 13.7. The summed E-state index contributed by atoms with van der Waals surface area (Å²) in [6, 6.07) is 0. The van der Waals surface area contributed by atoms with Crippen molar-refractivity contribution in [3.8, 4) is 0 Å². The minimum atomic E-state index is -0.559. The largest absolute Gasteiger partial charge is 0.394 e. The summed E-state index contributed by atoms with van der Waals surface area (Å²) in [5.41, 5.74) is 0.995. The van der Waals surface area contributed by atoms with Gasteiger partial charge in [-0.2, -0.15) is 0 Å². The zero-order chi connectivity index (χ0) is 13.1. The first-order chi connectivity index (χ1) is 7.91. The van der Waals surface area contributed by atoms with Gasteiger partial charge < -0.3 is 14.9 Å². The van der Waals surface area contributed by atoms with Crippen molar-refractivity contribution in [2.45, 2.75) is 46.1 Å². The fraction of sp³-hybridized carbons (Fsp3) is 0.667. The number of nitrogens with zero attached hydrogens (tertiary/aromatic N) is 1. The number of hydrogen-bond donors (Lipinski definition) is 2. The van der Waals surface area contributed by atoms with Crippen molar-refractivity contribution in [1.82, 2.24) is 10.5 Å². The van der Waals surface area contributed by atoms with Crippen LogP contribution >= 0.6 is 0 Å². The Morgan fingerprint density at radius 2 is 2.18 bits per heavy atom. The van der Waals surface area contributed by atoms with Gasteiger partial charge in [-0.3, -0.25) is 4.79 Å². The molecule has 0 aliphatic heterocycles. The molecule has 0 aliphatic rings. The molecule has 0 aliphatic carbocycles. The number of hydrogen-bond acceptors (Lipinski definition) is 4. The van der Waals surface area contributed by atoms with Gasteiger partial charge in [0.2, 0.25) is 5.91 Å². The SMILES string of the molecule is CCC(C)(CO)NC(=O)Cc1c(C)noc1C. The van der Waals surface area contributed by atoms with Gasteiger partial charge >= 0.3 is 0 Å². The molecule has 5 heteroatoms. The predicted molar refractivity (Wildman–Crippen MR) is 63.6 cm³/mol. The molecule has 96 valence electrons. The maximum Gasteiger partial charge on any atom is 0.225 e. The number of aliphatic hydroxyl groups is 1. The van der Waals surface area contributed by atoms with Crippen LogP contribution in [0.2, 0.25) is 0 Å². The van der Waals surface area contributed by atoms with E-state index in [-0.39, 0.29) is 18.9 Å². The maximum atomic E-state index is 11.9. The van der Waals surface area contributed by atoms with E-state index in [4.69, 9.17) is 4.52 Å². The summed E-state index contributed by atoms with van der Waals surface area (Å²) in [5, 5.41) is 15.9. The van der Waals surface area contributed by atoms with Crippen LogP contribution in [0.1, 0.15) is 37.3 Å². The van der Waals surface area contributed by atoms with Crippen molar-refractivity contribution in [3.63, 3.8) is 0 Å². The van der Waals surface area contributed by atoms with Crippen molar-refractivity contribution in [3.05, 3.63) is 17.0 Å². The second-order valence-electron chi connectivity index (χ2n) is 4.60. The summed E-state index contributed by atoms with van der Waals surface area (Å²) < 4.78 is 5.00. The first-order valence-corrected chi connectivity index (χ1v) is 5.75. The summed E-state index contributed by atoms with van der Waals surface area (Å²) in [7, 11) is 0. The van der Waals surface area contributed by atoms with Crippen LogP contribution in [-0.4, -0.2) is 28.3 Å². The van der Waals surface area contributed by atoms with E-state index in [0.29, 0.717) is 12.2 Å². The van der Waals surface area contributed by atoms with Crippen LogP contribution in [0.3, 0.4) is 0 Å². The van der Waals surface area contributed by atoms with Gasteiger partial charge in [0.25, 0.3) is 0 Å². The Bertz CT molecular complexity index is 375. The topological polar surface area (TPSA) is 75.4 Å². The zero-order valence-corrected chi connectivity index (χ0v) is 10.8. The van der Waals surface area contributed by atoms with Crippen LogP contribution in [0.4, 0.5) is 0 Å². The minimum absolute atomic E-state index is 0.0726.